The number of hydrogen-bond acceptors (Lipinski definition) is 5. The van der Waals surface area contributed by atoms with Gasteiger partial charge in [0.2, 0.25) is 0 Å². The van der Waals surface area contributed by atoms with Crippen molar-refractivity contribution >= 4 is 11.5 Å². The molecule has 0 bridgehead atoms. The molecule has 25 heavy (non-hydrogen) atoms. The highest BCUT2D eigenvalue weighted by atomic mass is 16.5. The highest BCUT2D eigenvalue weighted by Gasteiger charge is 2.51. The summed E-state index contributed by atoms with van der Waals surface area (Å²) in [6, 6.07) is 5.43. The number of rotatable bonds is 4. The lowest BCUT2D eigenvalue weighted by Gasteiger charge is -2.57. The fourth-order valence-electron chi connectivity index (χ4n) is 5.13. The molecule has 2 aliphatic carbocycles. The van der Waals surface area contributed by atoms with Gasteiger partial charge in [-0.05, 0) is 63.5 Å². The van der Waals surface area contributed by atoms with E-state index in [9.17, 15) is 0 Å². The summed E-state index contributed by atoms with van der Waals surface area (Å²) in [5, 5.41) is 3.74. The number of nitrogens with two attached hydrogens (primary N) is 1. The van der Waals surface area contributed by atoms with Gasteiger partial charge in [0.05, 0.1) is 23.6 Å². The van der Waals surface area contributed by atoms with Crippen LogP contribution in [0.3, 0.4) is 0 Å². The second-order valence-electron chi connectivity index (χ2n) is 8.60. The topological polar surface area (TPSA) is 63.4 Å². The lowest BCUT2D eigenvalue weighted by molar-refractivity contribution is -0.00546. The minimum Gasteiger partial charge on any atom is -0.381 e. The van der Waals surface area contributed by atoms with E-state index in [1.807, 2.05) is 0 Å². The molecule has 5 heteroatoms. The molecule has 138 valence electrons. The molecule has 1 saturated heterocycles. The molecule has 1 spiro atoms. The fourth-order valence-corrected chi connectivity index (χ4v) is 5.13. The molecule has 0 radical (unpaired) electrons. The van der Waals surface area contributed by atoms with Crippen molar-refractivity contribution in [3.63, 3.8) is 0 Å². The Kier molecular flexibility index (Phi) is 4.40. The van der Waals surface area contributed by atoms with Crippen molar-refractivity contribution in [2.75, 3.05) is 23.3 Å². The van der Waals surface area contributed by atoms with E-state index in [0.717, 1.165) is 25.3 Å². The van der Waals surface area contributed by atoms with Crippen molar-refractivity contribution < 1.29 is 4.74 Å². The van der Waals surface area contributed by atoms with Crippen LogP contribution in [0.15, 0.2) is 12.1 Å². The second kappa shape index (κ2) is 6.44. The first-order valence-corrected chi connectivity index (χ1v) is 9.89. The number of nitrogens with one attached hydrogen (secondary N) is 1. The van der Waals surface area contributed by atoms with Crippen LogP contribution in [0.4, 0.5) is 11.5 Å². The Labute approximate surface area is 151 Å². The first kappa shape index (κ1) is 17.1. The van der Waals surface area contributed by atoms with Gasteiger partial charge in [-0.25, -0.2) is 4.98 Å². The Balaban J connectivity index is 1.42. The molecule has 1 aliphatic heterocycles. The van der Waals surface area contributed by atoms with Gasteiger partial charge in [-0.15, -0.1) is 0 Å². The molecular weight excluding hydrogens is 312 g/mol. The molecule has 3 fully saturated rings. The monoisotopic (exact) mass is 344 g/mol. The predicted octanol–water partition coefficient (Wildman–Crippen LogP) is 2.94. The summed E-state index contributed by atoms with van der Waals surface area (Å²) in [5.41, 5.74) is 8.93. The van der Waals surface area contributed by atoms with Gasteiger partial charge in [-0.1, -0.05) is 6.92 Å². The highest BCUT2D eigenvalue weighted by Crippen LogP contribution is 2.55. The fraction of sp³-hybridized carbons (Fsp3) is 0.750. The summed E-state index contributed by atoms with van der Waals surface area (Å²) < 4.78 is 5.85. The quantitative estimate of drug-likeness (QED) is 0.879. The van der Waals surface area contributed by atoms with Crippen molar-refractivity contribution in [2.24, 2.45) is 11.1 Å². The molecule has 4 rings (SSSR count). The number of hydrogen-bond donors (Lipinski definition) is 2. The largest absolute Gasteiger partial charge is 0.381 e. The average Bonchev–Trinajstić information content (AvgIpc) is 2.50. The standard InChI is InChI=1S/C20H32N4O/c1-4-17-18(22-16-9-20(10-16)7-15(21)8-20)5-6-19(23-17)24-11-13(2)25-14(3)12-24/h5-6,13-16,22H,4,7-12,21H2,1-3H3/t13-,14+,15?,16?,20?. The van der Waals surface area contributed by atoms with Gasteiger partial charge in [0.15, 0.2) is 0 Å². The van der Waals surface area contributed by atoms with E-state index < -0.39 is 0 Å². The molecule has 3 N–H and O–H groups in total. The molecule has 0 unspecified atom stereocenters. The van der Waals surface area contributed by atoms with E-state index in [-0.39, 0.29) is 12.2 Å². The molecule has 2 heterocycles. The zero-order valence-electron chi connectivity index (χ0n) is 15.8. The van der Waals surface area contributed by atoms with Gasteiger partial charge in [0.1, 0.15) is 5.82 Å². The maximum absolute atomic E-state index is 5.97. The van der Waals surface area contributed by atoms with Crippen molar-refractivity contribution in [3.8, 4) is 0 Å². The molecule has 5 nitrogen and oxygen atoms in total. The number of aryl methyl sites for hydroxylation is 1. The summed E-state index contributed by atoms with van der Waals surface area (Å²) in [4.78, 5) is 7.32. The Bertz CT molecular complexity index is 610. The van der Waals surface area contributed by atoms with Crippen LogP contribution in [0, 0.1) is 5.41 Å². The van der Waals surface area contributed by atoms with E-state index in [4.69, 9.17) is 15.5 Å². The van der Waals surface area contributed by atoms with Crippen LogP contribution < -0.4 is 16.0 Å². The smallest absolute Gasteiger partial charge is 0.129 e. The van der Waals surface area contributed by atoms with Crippen LogP contribution in [-0.4, -0.2) is 42.4 Å². The van der Waals surface area contributed by atoms with E-state index in [2.05, 4.69) is 43.1 Å². The maximum Gasteiger partial charge on any atom is 0.129 e. The first-order valence-electron chi connectivity index (χ1n) is 9.89. The van der Waals surface area contributed by atoms with Gasteiger partial charge in [-0.3, -0.25) is 0 Å². The number of aromatic nitrogens is 1. The SMILES string of the molecule is CCc1nc(N2C[C@@H](C)O[C@@H](C)C2)ccc1NC1CC2(CC(N)C2)C1. The zero-order chi connectivity index (χ0) is 17.6. The molecule has 1 aromatic heterocycles. The van der Waals surface area contributed by atoms with Crippen molar-refractivity contribution in [2.45, 2.75) is 77.2 Å². The molecule has 2 atom stereocenters. The van der Waals surface area contributed by atoms with E-state index >= 15 is 0 Å². The summed E-state index contributed by atoms with van der Waals surface area (Å²) in [5.74, 6) is 1.08. The van der Waals surface area contributed by atoms with E-state index in [1.165, 1.54) is 37.1 Å². The average molecular weight is 345 g/mol. The molecule has 2 saturated carbocycles. The van der Waals surface area contributed by atoms with E-state index in [1.54, 1.807) is 0 Å². The summed E-state index contributed by atoms with van der Waals surface area (Å²) in [6.45, 7) is 8.29. The molecule has 3 aliphatic rings. The zero-order valence-corrected chi connectivity index (χ0v) is 15.8. The summed E-state index contributed by atoms with van der Waals surface area (Å²) in [7, 11) is 0. The van der Waals surface area contributed by atoms with Crippen molar-refractivity contribution in [1.82, 2.24) is 4.98 Å². The molecular formula is C20H32N4O. The third-order valence-electron chi connectivity index (χ3n) is 6.15. The maximum atomic E-state index is 5.97. The van der Waals surface area contributed by atoms with Gasteiger partial charge < -0.3 is 20.7 Å². The van der Waals surface area contributed by atoms with Crippen molar-refractivity contribution in [1.29, 1.82) is 0 Å². The second-order valence-corrected chi connectivity index (χ2v) is 8.60. The van der Waals surface area contributed by atoms with Crippen LogP contribution in [0.1, 0.15) is 52.1 Å². The van der Waals surface area contributed by atoms with Crippen LogP contribution >= 0.6 is 0 Å². The lowest BCUT2D eigenvalue weighted by atomic mass is 9.52. The van der Waals surface area contributed by atoms with Crippen LogP contribution in [0.25, 0.3) is 0 Å². The predicted molar refractivity (Wildman–Crippen MR) is 102 cm³/mol. The van der Waals surface area contributed by atoms with Gasteiger partial charge in [0, 0.05) is 25.2 Å². The first-order chi connectivity index (χ1) is 12.0. The van der Waals surface area contributed by atoms with Crippen LogP contribution in [0.5, 0.6) is 0 Å². The normalized spacial score (nSPS) is 37.5. The minimum atomic E-state index is 0.258. The third kappa shape index (κ3) is 3.36. The van der Waals surface area contributed by atoms with Gasteiger partial charge in [-0.2, -0.15) is 0 Å². The molecule has 0 aromatic carbocycles. The van der Waals surface area contributed by atoms with Crippen molar-refractivity contribution in [3.05, 3.63) is 17.8 Å². The Morgan fingerprint density at radius 2 is 1.88 bits per heavy atom. The van der Waals surface area contributed by atoms with Crippen LogP contribution in [-0.2, 0) is 11.2 Å². The Morgan fingerprint density at radius 1 is 1.20 bits per heavy atom. The Morgan fingerprint density at radius 3 is 2.48 bits per heavy atom. The number of morpholine rings is 1. The Hall–Kier alpha value is -1.33. The number of anilines is 2. The third-order valence-corrected chi connectivity index (χ3v) is 6.15. The molecule has 0 amide bonds. The number of pyridine rings is 1. The van der Waals surface area contributed by atoms with Gasteiger partial charge >= 0.3 is 0 Å². The lowest BCUT2D eigenvalue weighted by Crippen LogP contribution is -2.57. The minimum absolute atomic E-state index is 0.258. The summed E-state index contributed by atoms with van der Waals surface area (Å²) >= 11 is 0. The number of nitrogens with zero attached hydrogens (tertiary/aromatic N) is 2. The summed E-state index contributed by atoms with van der Waals surface area (Å²) in [6.07, 6.45) is 6.44. The molecule has 1 aromatic rings. The highest BCUT2D eigenvalue weighted by molar-refractivity contribution is 5.55. The van der Waals surface area contributed by atoms with E-state index in [0.29, 0.717) is 17.5 Å². The van der Waals surface area contributed by atoms with Crippen LogP contribution in [0.2, 0.25) is 0 Å². The number of ether oxygens (including phenoxy) is 1. The van der Waals surface area contributed by atoms with Gasteiger partial charge in [0.25, 0.3) is 0 Å².